The van der Waals surface area contributed by atoms with E-state index in [0.717, 1.165) is 12.8 Å². The second kappa shape index (κ2) is 3.25. The molecule has 4 nitrogen and oxygen atoms in total. The maximum absolute atomic E-state index is 11.9. The van der Waals surface area contributed by atoms with E-state index in [4.69, 9.17) is 5.84 Å². The molecule has 14 heavy (non-hydrogen) atoms. The Kier molecular flexibility index (Phi) is 2.20. The number of hydrogen-bond acceptors (Lipinski definition) is 4. The molecular formula is C9H12N2O2S. The molecule has 1 aliphatic carbocycles. The first-order valence-corrected chi connectivity index (χ1v) is 6.00. The van der Waals surface area contributed by atoms with E-state index >= 15 is 0 Å². The number of rotatable bonds is 3. The summed E-state index contributed by atoms with van der Waals surface area (Å²) in [5, 5.41) is -0.197. The Morgan fingerprint density at radius 3 is 2.50 bits per heavy atom. The van der Waals surface area contributed by atoms with E-state index in [0.29, 0.717) is 10.6 Å². The van der Waals surface area contributed by atoms with Crippen LogP contribution in [0.3, 0.4) is 0 Å². The van der Waals surface area contributed by atoms with E-state index in [1.807, 2.05) is 0 Å². The first-order chi connectivity index (χ1) is 6.66. The third-order valence-corrected chi connectivity index (χ3v) is 4.63. The minimum Gasteiger partial charge on any atom is -0.323 e. The molecule has 1 saturated carbocycles. The predicted molar refractivity (Wildman–Crippen MR) is 54.5 cm³/mol. The maximum Gasteiger partial charge on any atom is 0.183 e. The number of anilines is 1. The van der Waals surface area contributed by atoms with Crippen molar-refractivity contribution in [1.29, 1.82) is 0 Å². The molecule has 76 valence electrons. The second-order valence-corrected chi connectivity index (χ2v) is 5.58. The molecule has 0 spiro atoms. The van der Waals surface area contributed by atoms with Gasteiger partial charge in [0, 0.05) is 0 Å². The predicted octanol–water partition coefficient (Wildman–Crippen LogP) is 0.908. The first kappa shape index (κ1) is 9.48. The van der Waals surface area contributed by atoms with E-state index in [2.05, 4.69) is 5.43 Å². The summed E-state index contributed by atoms with van der Waals surface area (Å²) in [5.41, 5.74) is 2.88. The minimum absolute atomic E-state index is 0.197. The highest BCUT2D eigenvalue weighted by molar-refractivity contribution is 7.92. The summed E-state index contributed by atoms with van der Waals surface area (Å²) >= 11 is 0. The summed E-state index contributed by atoms with van der Waals surface area (Å²) < 4.78 is 23.8. The van der Waals surface area contributed by atoms with Crippen LogP contribution in [0.15, 0.2) is 29.2 Å². The van der Waals surface area contributed by atoms with Crippen molar-refractivity contribution in [1.82, 2.24) is 0 Å². The number of nitrogen functional groups attached to an aromatic ring is 1. The molecule has 0 saturated heterocycles. The lowest BCUT2D eigenvalue weighted by atomic mass is 10.3. The quantitative estimate of drug-likeness (QED) is 0.577. The van der Waals surface area contributed by atoms with Crippen LogP contribution < -0.4 is 11.3 Å². The van der Waals surface area contributed by atoms with Crippen molar-refractivity contribution in [3.05, 3.63) is 24.3 Å². The summed E-state index contributed by atoms with van der Waals surface area (Å²) in [6, 6.07) is 6.70. The van der Waals surface area contributed by atoms with Crippen LogP contribution in [0.5, 0.6) is 0 Å². The molecule has 3 N–H and O–H groups in total. The van der Waals surface area contributed by atoms with Crippen molar-refractivity contribution >= 4 is 15.5 Å². The monoisotopic (exact) mass is 212 g/mol. The molecule has 2 rings (SSSR count). The maximum atomic E-state index is 11.9. The normalized spacial score (nSPS) is 16.6. The molecule has 1 aromatic rings. The minimum atomic E-state index is -3.15. The Hall–Kier alpha value is -1.07. The lowest BCUT2D eigenvalue weighted by Crippen LogP contribution is -2.14. The van der Waals surface area contributed by atoms with Crippen molar-refractivity contribution < 1.29 is 8.42 Å². The number of hydrazine groups is 1. The molecule has 0 bridgehead atoms. The summed E-state index contributed by atoms with van der Waals surface area (Å²) in [6.07, 6.45) is 1.53. The number of para-hydroxylation sites is 1. The molecular weight excluding hydrogens is 200 g/mol. The van der Waals surface area contributed by atoms with Gasteiger partial charge in [-0.3, -0.25) is 5.84 Å². The first-order valence-electron chi connectivity index (χ1n) is 4.46. The van der Waals surface area contributed by atoms with Gasteiger partial charge < -0.3 is 5.43 Å². The fourth-order valence-electron chi connectivity index (χ4n) is 1.39. The fourth-order valence-corrected chi connectivity index (χ4v) is 3.21. The standard InChI is InChI=1S/C9H12N2O2S/c10-11-8-3-1-2-4-9(8)14(12,13)7-5-6-7/h1-4,7,11H,5-6,10H2. The Morgan fingerprint density at radius 2 is 1.93 bits per heavy atom. The van der Waals surface area contributed by atoms with Gasteiger partial charge in [-0.2, -0.15) is 0 Å². The van der Waals surface area contributed by atoms with Crippen LogP contribution in [0.4, 0.5) is 5.69 Å². The van der Waals surface area contributed by atoms with Crippen molar-refractivity contribution in [2.24, 2.45) is 5.84 Å². The van der Waals surface area contributed by atoms with Crippen LogP contribution in [-0.2, 0) is 9.84 Å². The van der Waals surface area contributed by atoms with Gasteiger partial charge in [-0.05, 0) is 25.0 Å². The molecule has 0 aromatic heterocycles. The summed E-state index contributed by atoms with van der Waals surface area (Å²) in [6.45, 7) is 0. The summed E-state index contributed by atoms with van der Waals surface area (Å²) in [4.78, 5) is 0.310. The molecule has 1 aliphatic rings. The summed E-state index contributed by atoms with van der Waals surface area (Å²) in [7, 11) is -3.15. The lowest BCUT2D eigenvalue weighted by Gasteiger charge is -2.08. The van der Waals surface area contributed by atoms with E-state index in [-0.39, 0.29) is 5.25 Å². The van der Waals surface area contributed by atoms with Crippen LogP contribution in [0, 0.1) is 0 Å². The molecule has 1 aromatic carbocycles. The van der Waals surface area contributed by atoms with Crippen molar-refractivity contribution in [3.63, 3.8) is 0 Å². The van der Waals surface area contributed by atoms with Crippen LogP contribution >= 0.6 is 0 Å². The third kappa shape index (κ3) is 1.49. The fraction of sp³-hybridized carbons (Fsp3) is 0.333. The van der Waals surface area contributed by atoms with E-state index in [9.17, 15) is 8.42 Å². The largest absolute Gasteiger partial charge is 0.323 e. The second-order valence-electron chi connectivity index (χ2n) is 3.38. The number of nitrogens with one attached hydrogen (secondary N) is 1. The van der Waals surface area contributed by atoms with Crippen LogP contribution in [-0.4, -0.2) is 13.7 Å². The SMILES string of the molecule is NNc1ccccc1S(=O)(=O)C1CC1. The highest BCUT2D eigenvalue weighted by atomic mass is 32.2. The Bertz CT molecular complexity index is 438. The lowest BCUT2D eigenvalue weighted by molar-refractivity contribution is 0.595. The van der Waals surface area contributed by atoms with Gasteiger partial charge in [-0.15, -0.1) is 0 Å². The van der Waals surface area contributed by atoms with Gasteiger partial charge >= 0.3 is 0 Å². The van der Waals surface area contributed by atoms with E-state index in [1.54, 1.807) is 24.3 Å². The van der Waals surface area contributed by atoms with Gasteiger partial charge in [0.25, 0.3) is 0 Å². The molecule has 1 fully saturated rings. The number of nitrogens with two attached hydrogens (primary N) is 1. The van der Waals surface area contributed by atoms with Crippen molar-refractivity contribution in [2.75, 3.05) is 5.43 Å². The average Bonchev–Trinajstić information content (AvgIpc) is 3.01. The smallest absolute Gasteiger partial charge is 0.183 e. The van der Waals surface area contributed by atoms with Gasteiger partial charge in [0.05, 0.1) is 15.8 Å². The topological polar surface area (TPSA) is 72.2 Å². The van der Waals surface area contributed by atoms with Crippen LogP contribution in [0.2, 0.25) is 0 Å². The van der Waals surface area contributed by atoms with Crippen LogP contribution in [0.1, 0.15) is 12.8 Å². The van der Waals surface area contributed by atoms with Crippen molar-refractivity contribution in [3.8, 4) is 0 Å². The molecule has 0 aliphatic heterocycles. The zero-order chi connectivity index (χ0) is 10.2. The summed E-state index contributed by atoms with van der Waals surface area (Å²) in [5.74, 6) is 5.25. The average molecular weight is 212 g/mol. The molecule has 0 heterocycles. The highest BCUT2D eigenvalue weighted by Gasteiger charge is 2.37. The Labute approximate surface area is 83.0 Å². The van der Waals surface area contributed by atoms with Gasteiger partial charge in [0.2, 0.25) is 0 Å². The zero-order valence-corrected chi connectivity index (χ0v) is 8.42. The zero-order valence-electron chi connectivity index (χ0n) is 7.60. The van der Waals surface area contributed by atoms with Crippen LogP contribution in [0.25, 0.3) is 0 Å². The Balaban J connectivity index is 2.49. The van der Waals surface area contributed by atoms with E-state index in [1.165, 1.54) is 0 Å². The molecule has 0 amide bonds. The Morgan fingerprint density at radius 1 is 1.29 bits per heavy atom. The van der Waals surface area contributed by atoms with Gasteiger partial charge in [0.15, 0.2) is 9.84 Å². The number of hydrogen-bond donors (Lipinski definition) is 2. The van der Waals surface area contributed by atoms with Gasteiger partial charge in [-0.1, -0.05) is 12.1 Å². The molecule has 0 radical (unpaired) electrons. The van der Waals surface area contributed by atoms with Gasteiger partial charge in [-0.25, -0.2) is 8.42 Å². The third-order valence-electron chi connectivity index (χ3n) is 2.31. The molecule has 0 unspecified atom stereocenters. The molecule has 0 atom stereocenters. The molecule has 5 heteroatoms. The van der Waals surface area contributed by atoms with E-state index < -0.39 is 9.84 Å². The highest BCUT2D eigenvalue weighted by Crippen LogP contribution is 2.35. The van der Waals surface area contributed by atoms with Crippen molar-refractivity contribution in [2.45, 2.75) is 23.0 Å². The number of sulfone groups is 1. The van der Waals surface area contributed by atoms with Gasteiger partial charge in [0.1, 0.15) is 0 Å². The number of benzene rings is 1.